The molecule has 2 aromatic rings. The maximum atomic E-state index is 12.5. The Morgan fingerprint density at radius 2 is 2.25 bits per heavy atom. The fourth-order valence-electron chi connectivity index (χ4n) is 2.88. The number of thiazole rings is 1. The van der Waals surface area contributed by atoms with Crippen LogP contribution in [0.3, 0.4) is 0 Å². The lowest BCUT2D eigenvalue weighted by atomic mass is 10.0. The van der Waals surface area contributed by atoms with Gasteiger partial charge >= 0.3 is 5.97 Å². The second-order valence-corrected chi connectivity index (χ2v) is 8.56. The predicted octanol–water partition coefficient (Wildman–Crippen LogP) is 2.59. The van der Waals surface area contributed by atoms with Crippen molar-refractivity contribution in [2.24, 2.45) is 0 Å². The Kier molecular flexibility index (Phi) is 7.07. The third kappa shape index (κ3) is 4.73. The minimum Gasteiger partial charge on any atom is -0.462 e. The number of nitrogens with one attached hydrogen (secondary N) is 2. The van der Waals surface area contributed by atoms with Crippen molar-refractivity contribution < 1.29 is 19.1 Å². The molecular formula is C16H19Br2N5O4S. The quantitative estimate of drug-likeness (QED) is 0.546. The van der Waals surface area contributed by atoms with Gasteiger partial charge in [0, 0.05) is 20.2 Å². The van der Waals surface area contributed by atoms with Crippen molar-refractivity contribution in [2.75, 3.05) is 31.7 Å². The zero-order valence-electron chi connectivity index (χ0n) is 15.2. The summed E-state index contributed by atoms with van der Waals surface area (Å²) in [6, 6.07) is -0.166. The van der Waals surface area contributed by atoms with Crippen LogP contribution in [0.4, 0.5) is 5.13 Å². The van der Waals surface area contributed by atoms with Gasteiger partial charge in [0.05, 0.1) is 24.9 Å². The Morgan fingerprint density at radius 3 is 2.89 bits per heavy atom. The van der Waals surface area contributed by atoms with Crippen molar-refractivity contribution in [1.29, 1.82) is 0 Å². The van der Waals surface area contributed by atoms with Gasteiger partial charge in [0.25, 0.3) is 5.91 Å². The molecule has 0 spiro atoms. The van der Waals surface area contributed by atoms with Gasteiger partial charge < -0.3 is 24.7 Å². The molecule has 12 heteroatoms. The van der Waals surface area contributed by atoms with Crippen LogP contribution in [0.2, 0.25) is 0 Å². The Morgan fingerprint density at radius 1 is 1.46 bits per heavy atom. The van der Waals surface area contributed by atoms with E-state index in [0.29, 0.717) is 40.2 Å². The number of aromatic nitrogens is 3. The number of rotatable bonds is 6. The van der Waals surface area contributed by atoms with Gasteiger partial charge in [0.15, 0.2) is 11.0 Å². The number of hydrogen-bond acceptors (Lipinski definition) is 8. The second-order valence-electron chi connectivity index (χ2n) is 6.01. The molecule has 1 saturated heterocycles. The summed E-state index contributed by atoms with van der Waals surface area (Å²) < 4.78 is 11.7. The van der Waals surface area contributed by atoms with Crippen LogP contribution >= 0.6 is 43.2 Å². The van der Waals surface area contributed by atoms with Crippen molar-refractivity contribution in [3.05, 3.63) is 26.1 Å². The minimum absolute atomic E-state index is 0.166. The molecule has 0 aliphatic carbocycles. The second kappa shape index (κ2) is 9.33. The summed E-state index contributed by atoms with van der Waals surface area (Å²) in [5.74, 6) is -0.451. The maximum Gasteiger partial charge on any atom is 0.350 e. The van der Waals surface area contributed by atoms with Crippen molar-refractivity contribution in [1.82, 2.24) is 20.3 Å². The number of aromatic amines is 1. The number of nitrogens with zero attached hydrogens (tertiary/aromatic N) is 3. The topological polar surface area (TPSA) is 109 Å². The average molecular weight is 537 g/mol. The van der Waals surface area contributed by atoms with Crippen LogP contribution in [0.25, 0.3) is 0 Å². The lowest BCUT2D eigenvalue weighted by Crippen LogP contribution is -2.55. The number of methoxy groups -OCH3 is 1. The number of piperidine rings is 1. The Bertz CT molecular complexity index is 838. The SMILES string of the molecule is CCOC(=O)c1cnc(N2CC[C@H](NC(=O)c3nc(Br)c(Br)[nH]3)[C@H](OC)C2)s1. The predicted molar refractivity (Wildman–Crippen MR) is 111 cm³/mol. The Balaban J connectivity index is 1.63. The Hall–Kier alpha value is -1.50. The summed E-state index contributed by atoms with van der Waals surface area (Å²) >= 11 is 7.82. The zero-order chi connectivity index (χ0) is 20.3. The smallest absolute Gasteiger partial charge is 0.350 e. The molecule has 1 aliphatic rings. The molecule has 2 atom stereocenters. The number of amides is 1. The minimum atomic E-state index is -0.368. The monoisotopic (exact) mass is 535 g/mol. The summed E-state index contributed by atoms with van der Waals surface area (Å²) in [6.45, 7) is 3.31. The van der Waals surface area contributed by atoms with Crippen LogP contribution < -0.4 is 10.2 Å². The number of carbonyl (C=O) groups excluding carboxylic acids is 2. The zero-order valence-corrected chi connectivity index (χ0v) is 19.2. The highest BCUT2D eigenvalue weighted by molar-refractivity contribution is 9.13. The number of imidazole rings is 1. The largest absolute Gasteiger partial charge is 0.462 e. The summed E-state index contributed by atoms with van der Waals surface area (Å²) in [5.41, 5.74) is 0. The van der Waals surface area contributed by atoms with Gasteiger partial charge in [-0.25, -0.2) is 14.8 Å². The van der Waals surface area contributed by atoms with Crippen molar-refractivity contribution in [2.45, 2.75) is 25.5 Å². The maximum absolute atomic E-state index is 12.5. The van der Waals surface area contributed by atoms with Crippen LogP contribution in [0.5, 0.6) is 0 Å². The number of halogens is 2. The lowest BCUT2D eigenvalue weighted by Gasteiger charge is -2.37. The molecular weight excluding hydrogens is 518 g/mol. The lowest BCUT2D eigenvalue weighted by molar-refractivity contribution is 0.0530. The van der Waals surface area contributed by atoms with Gasteiger partial charge in [-0.05, 0) is 45.2 Å². The molecule has 1 aliphatic heterocycles. The normalized spacial score (nSPS) is 19.5. The van der Waals surface area contributed by atoms with Gasteiger partial charge in [0.1, 0.15) is 14.1 Å². The third-order valence-electron chi connectivity index (χ3n) is 4.25. The van der Waals surface area contributed by atoms with E-state index in [1.165, 1.54) is 17.5 Å². The number of ether oxygens (including phenoxy) is 2. The molecule has 1 fully saturated rings. The summed E-state index contributed by atoms with van der Waals surface area (Å²) in [5, 5.41) is 3.70. The summed E-state index contributed by atoms with van der Waals surface area (Å²) in [4.78, 5) is 38.1. The van der Waals surface area contributed by atoms with Crippen LogP contribution in [0.1, 0.15) is 33.6 Å². The molecule has 1 amide bonds. The first-order chi connectivity index (χ1) is 13.4. The van der Waals surface area contributed by atoms with E-state index in [1.807, 2.05) is 4.90 Å². The van der Waals surface area contributed by atoms with Gasteiger partial charge in [-0.1, -0.05) is 11.3 Å². The van der Waals surface area contributed by atoms with Gasteiger partial charge in [-0.15, -0.1) is 0 Å². The average Bonchev–Trinajstić information content (AvgIpc) is 3.30. The first-order valence-corrected chi connectivity index (χ1v) is 11.0. The van der Waals surface area contributed by atoms with E-state index >= 15 is 0 Å². The van der Waals surface area contributed by atoms with Crippen LogP contribution in [-0.2, 0) is 9.47 Å². The van der Waals surface area contributed by atoms with Gasteiger partial charge in [-0.2, -0.15) is 0 Å². The number of hydrogen-bond donors (Lipinski definition) is 2. The fourth-order valence-corrected chi connectivity index (χ4v) is 4.27. The van der Waals surface area contributed by atoms with E-state index in [-0.39, 0.29) is 29.8 Å². The highest BCUT2D eigenvalue weighted by Crippen LogP contribution is 2.27. The first-order valence-electron chi connectivity index (χ1n) is 8.55. The third-order valence-corrected chi connectivity index (χ3v) is 6.97. The molecule has 0 saturated carbocycles. The van der Waals surface area contributed by atoms with Crippen molar-refractivity contribution in [3.8, 4) is 0 Å². The summed E-state index contributed by atoms with van der Waals surface area (Å²) in [7, 11) is 1.61. The van der Waals surface area contributed by atoms with Crippen LogP contribution in [-0.4, -0.2) is 65.8 Å². The molecule has 28 heavy (non-hydrogen) atoms. The van der Waals surface area contributed by atoms with Crippen LogP contribution in [0, 0.1) is 0 Å². The molecule has 3 heterocycles. The van der Waals surface area contributed by atoms with E-state index in [4.69, 9.17) is 9.47 Å². The molecule has 0 unspecified atom stereocenters. The number of H-pyrrole nitrogens is 1. The number of carbonyl (C=O) groups is 2. The highest BCUT2D eigenvalue weighted by Gasteiger charge is 2.32. The molecule has 0 bridgehead atoms. The fraction of sp³-hybridized carbons (Fsp3) is 0.500. The van der Waals surface area contributed by atoms with Gasteiger partial charge in [0.2, 0.25) is 0 Å². The molecule has 152 valence electrons. The van der Waals surface area contributed by atoms with Crippen LogP contribution in [0.15, 0.2) is 15.4 Å². The van der Waals surface area contributed by atoms with E-state index in [9.17, 15) is 9.59 Å². The standard InChI is InChI=1S/C16H19Br2N5O4S/c1-3-27-15(25)10-6-19-16(28-10)23-5-4-8(9(7-23)26-2)20-14(24)13-21-11(17)12(18)22-13/h6,8-9H,3-5,7H2,1-2H3,(H,20,24)(H,21,22)/t8-,9+/m0/s1. The van der Waals surface area contributed by atoms with Crippen molar-refractivity contribution in [3.63, 3.8) is 0 Å². The number of esters is 1. The van der Waals surface area contributed by atoms with Gasteiger partial charge in [-0.3, -0.25) is 4.79 Å². The molecule has 3 rings (SSSR count). The molecule has 0 aromatic carbocycles. The van der Waals surface area contributed by atoms with E-state index in [1.54, 1.807) is 14.0 Å². The van der Waals surface area contributed by atoms with E-state index in [0.717, 1.165) is 5.13 Å². The van der Waals surface area contributed by atoms with Crippen molar-refractivity contribution >= 4 is 60.2 Å². The van der Waals surface area contributed by atoms with E-state index in [2.05, 4.69) is 52.1 Å². The van der Waals surface area contributed by atoms with E-state index < -0.39 is 0 Å². The number of anilines is 1. The molecule has 2 N–H and O–H groups in total. The molecule has 2 aromatic heterocycles. The highest BCUT2D eigenvalue weighted by atomic mass is 79.9. The molecule has 0 radical (unpaired) electrons. The summed E-state index contributed by atoms with van der Waals surface area (Å²) in [6.07, 6.45) is 1.97. The molecule has 9 nitrogen and oxygen atoms in total. The first kappa shape index (κ1) is 21.2. The Labute approximate surface area is 182 Å².